The van der Waals surface area contributed by atoms with E-state index in [4.69, 9.17) is 21.1 Å². The second kappa shape index (κ2) is 9.15. The third-order valence-corrected chi connectivity index (χ3v) is 5.15. The van der Waals surface area contributed by atoms with Gasteiger partial charge >= 0.3 is 5.97 Å². The van der Waals surface area contributed by atoms with Gasteiger partial charge < -0.3 is 24.6 Å². The lowest BCUT2D eigenvalue weighted by Gasteiger charge is -2.35. The topological polar surface area (TPSA) is 71.1 Å². The van der Waals surface area contributed by atoms with Gasteiger partial charge in [0.15, 0.2) is 0 Å². The molecule has 0 bridgehead atoms. The van der Waals surface area contributed by atoms with Crippen molar-refractivity contribution in [3.05, 3.63) is 52.5 Å². The molecule has 2 aromatic carbocycles. The number of carbonyl (C=O) groups is 2. The van der Waals surface area contributed by atoms with Crippen LogP contribution < -0.4 is 15.0 Å². The molecular formula is C21H24ClN3O4. The highest BCUT2D eigenvalue weighted by Gasteiger charge is 2.21. The molecule has 1 amide bonds. The van der Waals surface area contributed by atoms with Gasteiger partial charge in [-0.2, -0.15) is 0 Å². The number of hydrogen-bond donors (Lipinski definition) is 1. The molecule has 7 nitrogen and oxygen atoms in total. The van der Waals surface area contributed by atoms with Gasteiger partial charge in [0.25, 0.3) is 5.91 Å². The maximum atomic E-state index is 13.0. The Morgan fingerprint density at radius 3 is 2.41 bits per heavy atom. The highest BCUT2D eigenvalue weighted by atomic mass is 35.5. The summed E-state index contributed by atoms with van der Waals surface area (Å²) < 4.78 is 10.1. The van der Waals surface area contributed by atoms with E-state index < -0.39 is 5.97 Å². The van der Waals surface area contributed by atoms with Crippen LogP contribution in [-0.2, 0) is 4.74 Å². The maximum absolute atomic E-state index is 13.0. The number of hydrogen-bond acceptors (Lipinski definition) is 6. The van der Waals surface area contributed by atoms with Crippen LogP contribution >= 0.6 is 11.6 Å². The summed E-state index contributed by atoms with van der Waals surface area (Å²) in [5.41, 5.74) is 2.05. The normalized spacial score (nSPS) is 14.4. The summed E-state index contributed by atoms with van der Waals surface area (Å²) in [6.45, 7) is 3.46. The number of likely N-dealkylation sites (N-methyl/N-ethyl adjacent to an activating group) is 1. The molecule has 1 N–H and O–H groups in total. The van der Waals surface area contributed by atoms with E-state index >= 15 is 0 Å². The fourth-order valence-corrected chi connectivity index (χ4v) is 3.42. The molecule has 29 heavy (non-hydrogen) atoms. The fraction of sp³-hybridized carbons (Fsp3) is 0.333. The second-order valence-electron chi connectivity index (χ2n) is 6.81. The first-order chi connectivity index (χ1) is 13.9. The summed E-state index contributed by atoms with van der Waals surface area (Å²) in [6.07, 6.45) is 0. The highest BCUT2D eigenvalue weighted by Crippen LogP contribution is 2.30. The van der Waals surface area contributed by atoms with Crippen LogP contribution in [0.4, 0.5) is 11.4 Å². The van der Waals surface area contributed by atoms with Crippen molar-refractivity contribution in [1.29, 1.82) is 0 Å². The molecule has 0 saturated carbocycles. The quantitative estimate of drug-likeness (QED) is 0.753. The molecule has 0 atom stereocenters. The van der Waals surface area contributed by atoms with E-state index in [1.165, 1.54) is 14.2 Å². The van der Waals surface area contributed by atoms with Crippen molar-refractivity contribution in [1.82, 2.24) is 4.90 Å². The molecule has 1 saturated heterocycles. The Bertz CT molecular complexity index is 911. The first kappa shape index (κ1) is 21.0. The van der Waals surface area contributed by atoms with Crippen LogP contribution in [0.15, 0.2) is 36.4 Å². The molecule has 0 aliphatic carbocycles. The van der Waals surface area contributed by atoms with Crippen molar-refractivity contribution in [3.8, 4) is 5.75 Å². The van der Waals surface area contributed by atoms with E-state index in [0.717, 1.165) is 31.9 Å². The average Bonchev–Trinajstić information content (AvgIpc) is 2.73. The number of methoxy groups -OCH3 is 2. The van der Waals surface area contributed by atoms with Gasteiger partial charge in [0.05, 0.1) is 36.7 Å². The van der Waals surface area contributed by atoms with Crippen LogP contribution in [-0.4, -0.2) is 64.2 Å². The number of halogens is 1. The van der Waals surface area contributed by atoms with Crippen molar-refractivity contribution in [2.45, 2.75) is 0 Å². The summed E-state index contributed by atoms with van der Waals surface area (Å²) in [6, 6.07) is 10.0. The molecule has 3 rings (SSSR count). The predicted molar refractivity (Wildman–Crippen MR) is 113 cm³/mol. The van der Waals surface area contributed by atoms with Gasteiger partial charge in [0.2, 0.25) is 0 Å². The molecule has 2 aromatic rings. The lowest BCUT2D eigenvalue weighted by molar-refractivity contribution is 0.0600. The molecular weight excluding hydrogens is 394 g/mol. The Balaban J connectivity index is 1.96. The third kappa shape index (κ3) is 4.81. The number of carbonyl (C=O) groups excluding carboxylic acids is 2. The maximum Gasteiger partial charge on any atom is 0.337 e. The molecule has 0 spiro atoms. The number of piperazine rings is 1. The van der Waals surface area contributed by atoms with E-state index in [2.05, 4.69) is 22.2 Å². The smallest absolute Gasteiger partial charge is 0.337 e. The van der Waals surface area contributed by atoms with Gasteiger partial charge in [-0.25, -0.2) is 4.79 Å². The summed E-state index contributed by atoms with van der Waals surface area (Å²) in [4.78, 5) is 29.4. The van der Waals surface area contributed by atoms with Crippen LogP contribution in [0.25, 0.3) is 0 Å². The molecule has 1 aliphatic heterocycles. The Morgan fingerprint density at radius 1 is 1.03 bits per heavy atom. The monoisotopic (exact) mass is 417 g/mol. The zero-order valence-electron chi connectivity index (χ0n) is 16.7. The second-order valence-corrected chi connectivity index (χ2v) is 7.25. The first-order valence-corrected chi connectivity index (χ1v) is 9.61. The molecule has 0 aromatic heterocycles. The van der Waals surface area contributed by atoms with Crippen LogP contribution in [0.3, 0.4) is 0 Å². The van der Waals surface area contributed by atoms with Crippen LogP contribution in [0, 0.1) is 0 Å². The largest absolute Gasteiger partial charge is 0.496 e. The van der Waals surface area contributed by atoms with Crippen molar-refractivity contribution in [2.75, 3.05) is 57.7 Å². The van der Waals surface area contributed by atoms with Crippen LogP contribution in [0.2, 0.25) is 5.02 Å². The molecule has 1 fully saturated rings. The van der Waals surface area contributed by atoms with Crippen molar-refractivity contribution >= 4 is 34.9 Å². The summed E-state index contributed by atoms with van der Waals surface area (Å²) in [5, 5.41) is 3.35. The minimum absolute atomic E-state index is 0.313. The highest BCUT2D eigenvalue weighted by molar-refractivity contribution is 6.31. The number of benzene rings is 2. The number of nitrogens with zero attached hydrogens (tertiary/aromatic N) is 2. The zero-order valence-corrected chi connectivity index (χ0v) is 17.5. The van der Waals surface area contributed by atoms with Gasteiger partial charge in [-0.3, -0.25) is 4.79 Å². The third-order valence-electron chi connectivity index (χ3n) is 4.92. The van der Waals surface area contributed by atoms with Crippen molar-refractivity contribution < 1.29 is 19.1 Å². The standard InChI is InChI=1S/C21H24ClN3O4/c1-24-8-10-25(11-9-24)18-6-4-14(21(27)29-3)12-17(18)23-20(26)16-13-15(22)5-7-19(16)28-2/h4-7,12-13H,8-11H2,1-3H3,(H,23,26). The van der Waals surface area contributed by atoms with Gasteiger partial charge in [0, 0.05) is 31.2 Å². The number of rotatable bonds is 5. The Hall–Kier alpha value is -2.77. The Morgan fingerprint density at radius 2 is 1.76 bits per heavy atom. The summed E-state index contributed by atoms with van der Waals surface area (Å²) >= 11 is 6.06. The molecule has 1 heterocycles. The van der Waals surface area contributed by atoms with Gasteiger partial charge in [-0.1, -0.05) is 11.6 Å². The number of anilines is 2. The van der Waals surface area contributed by atoms with Crippen molar-refractivity contribution in [2.24, 2.45) is 0 Å². The molecule has 1 aliphatic rings. The number of ether oxygens (including phenoxy) is 2. The molecule has 8 heteroatoms. The van der Waals surface area contributed by atoms with Crippen LogP contribution in [0.5, 0.6) is 5.75 Å². The molecule has 0 unspecified atom stereocenters. The lowest BCUT2D eigenvalue weighted by Crippen LogP contribution is -2.44. The van der Waals surface area contributed by atoms with Crippen LogP contribution in [0.1, 0.15) is 20.7 Å². The minimum atomic E-state index is -0.467. The Labute approximate surface area is 175 Å². The lowest BCUT2D eigenvalue weighted by atomic mass is 10.1. The predicted octanol–water partition coefficient (Wildman–Crippen LogP) is 3.14. The average molecular weight is 418 g/mol. The Kier molecular flexibility index (Phi) is 6.61. The minimum Gasteiger partial charge on any atom is -0.496 e. The number of nitrogens with one attached hydrogen (secondary N) is 1. The van der Waals surface area contributed by atoms with Gasteiger partial charge in [-0.15, -0.1) is 0 Å². The van der Waals surface area contributed by atoms with Gasteiger partial charge in [-0.05, 0) is 43.4 Å². The number of amides is 1. The summed E-state index contributed by atoms with van der Waals surface area (Å²) in [7, 11) is 4.89. The van der Waals surface area contributed by atoms with E-state index in [1.807, 2.05) is 6.07 Å². The zero-order chi connectivity index (χ0) is 21.0. The van der Waals surface area contributed by atoms with E-state index in [0.29, 0.717) is 27.6 Å². The van der Waals surface area contributed by atoms with E-state index in [-0.39, 0.29) is 5.91 Å². The molecule has 154 valence electrons. The fourth-order valence-electron chi connectivity index (χ4n) is 3.25. The number of esters is 1. The van der Waals surface area contributed by atoms with E-state index in [1.54, 1.807) is 30.3 Å². The van der Waals surface area contributed by atoms with Gasteiger partial charge in [0.1, 0.15) is 5.75 Å². The summed E-state index contributed by atoms with van der Waals surface area (Å²) in [5.74, 6) is -0.426. The van der Waals surface area contributed by atoms with E-state index in [9.17, 15) is 9.59 Å². The molecule has 0 radical (unpaired) electrons. The van der Waals surface area contributed by atoms with Crippen molar-refractivity contribution in [3.63, 3.8) is 0 Å². The first-order valence-electron chi connectivity index (χ1n) is 9.23. The SMILES string of the molecule is COC(=O)c1ccc(N2CCN(C)CC2)c(NC(=O)c2cc(Cl)ccc2OC)c1.